The summed E-state index contributed by atoms with van der Waals surface area (Å²) in [7, 11) is 4.87. The summed E-state index contributed by atoms with van der Waals surface area (Å²) >= 11 is 1.58. The molecule has 76 heavy (non-hydrogen) atoms. The average Bonchev–Trinajstić information content (AvgIpc) is 4.16. The Morgan fingerprint density at radius 3 is 2.24 bits per heavy atom. The summed E-state index contributed by atoms with van der Waals surface area (Å²) in [4.78, 5) is 86.6. The lowest BCUT2D eigenvalue weighted by Gasteiger charge is -2.35. The van der Waals surface area contributed by atoms with Crippen LogP contribution in [0.2, 0.25) is 0 Å². The molecule has 0 spiro atoms. The van der Waals surface area contributed by atoms with Crippen LogP contribution < -0.4 is 36.6 Å². The number of carbonyl (C=O) groups excluding carboxylic acids is 5. The number of unbranched alkanes of at least 4 members (excludes halogenated alkanes) is 6. The van der Waals surface area contributed by atoms with Crippen molar-refractivity contribution in [1.82, 2.24) is 55.9 Å². The average molecular weight is 1060 g/mol. The van der Waals surface area contributed by atoms with Gasteiger partial charge in [-0.25, -0.2) is 19.9 Å². The first kappa shape index (κ1) is 56.0. The Balaban J connectivity index is 0.791. The van der Waals surface area contributed by atoms with Gasteiger partial charge in [-0.1, -0.05) is 83.2 Å². The van der Waals surface area contributed by atoms with E-state index in [2.05, 4.69) is 56.9 Å². The summed E-state index contributed by atoms with van der Waals surface area (Å²) in [6.45, 7) is 8.40. The van der Waals surface area contributed by atoms with Crippen molar-refractivity contribution in [3.63, 3.8) is 0 Å². The number of benzene rings is 2. The molecule has 20 nitrogen and oxygen atoms in total. The number of aromatic nitrogens is 6. The molecule has 0 radical (unpaired) electrons. The Kier molecular flexibility index (Phi) is 19.2. The molecule has 4 aromatic heterocycles. The Morgan fingerprint density at radius 1 is 0.842 bits per heavy atom. The Bertz CT molecular complexity index is 2950. The van der Waals surface area contributed by atoms with Crippen molar-refractivity contribution < 1.29 is 33.8 Å². The summed E-state index contributed by atoms with van der Waals surface area (Å²) in [5.41, 5.74) is 6.51. The number of thiazole rings is 1. The Hall–Kier alpha value is -7.78. The van der Waals surface area contributed by atoms with Gasteiger partial charge < -0.3 is 46.6 Å². The number of methoxy groups -OCH3 is 1. The van der Waals surface area contributed by atoms with E-state index in [1.807, 2.05) is 75.7 Å². The zero-order valence-corrected chi connectivity index (χ0v) is 45.1. The van der Waals surface area contributed by atoms with Crippen LogP contribution in [0, 0.1) is 12.3 Å². The number of aliphatic hydroxyl groups is 1. The molecule has 7 N–H and O–H groups in total. The number of pyridine rings is 2. The predicted molar refractivity (Wildman–Crippen MR) is 292 cm³/mol. The van der Waals surface area contributed by atoms with E-state index in [0.29, 0.717) is 64.2 Å². The van der Waals surface area contributed by atoms with Crippen molar-refractivity contribution in [3.8, 4) is 27.6 Å². The van der Waals surface area contributed by atoms with Crippen molar-refractivity contribution in [3.05, 3.63) is 107 Å². The van der Waals surface area contributed by atoms with Crippen LogP contribution in [0.4, 0.5) is 23.0 Å². The SMILES string of the molecule is CNC(=O)c1cnc(Nc2ccc(C(=O)NCCCCCCCCCC(=O)NC(C(=O)N3CC(O)C[C@H]3C(=O)NCc3ccc(-c4scnc4C)cc3)C(C)(C)C)cn2)cc1Nc1cccc(-c2ncn(C)n2)c1OC. The molecule has 7 rings (SSSR count). The lowest BCUT2D eigenvalue weighted by atomic mass is 9.85. The van der Waals surface area contributed by atoms with Gasteiger partial charge in [0.1, 0.15) is 30.0 Å². The molecule has 21 heteroatoms. The summed E-state index contributed by atoms with van der Waals surface area (Å²) in [6.07, 6.45) is 10.3. The van der Waals surface area contributed by atoms with Crippen LogP contribution in [-0.4, -0.2) is 115 Å². The van der Waals surface area contributed by atoms with E-state index in [-0.39, 0.29) is 55.5 Å². The first-order chi connectivity index (χ1) is 36.5. The maximum absolute atomic E-state index is 14.0. The van der Waals surface area contributed by atoms with Crippen molar-refractivity contribution >= 4 is 63.9 Å². The zero-order valence-electron chi connectivity index (χ0n) is 44.2. The molecular formula is C55H69N13O7S. The van der Waals surface area contributed by atoms with E-state index in [4.69, 9.17) is 4.74 Å². The number of anilines is 4. The molecule has 402 valence electrons. The number of para-hydroxylation sites is 1. The van der Waals surface area contributed by atoms with Crippen LogP contribution in [0.3, 0.4) is 0 Å². The highest BCUT2D eigenvalue weighted by atomic mass is 32.1. The number of ether oxygens (including phenoxy) is 1. The van der Waals surface area contributed by atoms with Gasteiger partial charge in [0, 0.05) is 65.0 Å². The van der Waals surface area contributed by atoms with E-state index >= 15 is 0 Å². The highest BCUT2D eigenvalue weighted by molar-refractivity contribution is 7.13. The summed E-state index contributed by atoms with van der Waals surface area (Å²) in [6, 6.07) is 16.7. The fraction of sp³-hybridized carbons (Fsp3) is 0.418. The highest BCUT2D eigenvalue weighted by Crippen LogP contribution is 2.38. The van der Waals surface area contributed by atoms with Gasteiger partial charge in [0.05, 0.1) is 57.4 Å². The fourth-order valence-electron chi connectivity index (χ4n) is 8.93. The summed E-state index contributed by atoms with van der Waals surface area (Å²) in [5, 5.41) is 33.0. The molecule has 1 saturated heterocycles. The van der Waals surface area contributed by atoms with Gasteiger partial charge in [-0.3, -0.25) is 28.7 Å². The Morgan fingerprint density at radius 2 is 1.58 bits per heavy atom. The molecule has 0 saturated carbocycles. The number of hydrogen-bond donors (Lipinski definition) is 7. The maximum Gasteiger partial charge on any atom is 0.254 e. The second-order valence-electron chi connectivity index (χ2n) is 19.9. The molecule has 1 aliphatic heterocycles. The monoisotopic (exact) mass is 1060 g/mol. The molecule has 1 fully saturated rings. The first-order valence-electron chi connectivity index (χ1n) is 25.6. The fourth-order valence-corrected chi connectivity index (χ4v) is 9.74. The quantitative estimate of drug-likeness (QED) is 0.0296. The summed E-state index contributed by atoms with van der Waals surface area (Å²) in [5.74, 6) is 0.297. The van der Waals surface area contributed by atoms with Crippen LogP contribution >= 0.6 is 11.3 Å². The molecule has 5 heterocycles. The largest absolute Gasteiger partial charge is 0.494 e. The van der Waals surface area contributed by atoms with Crippen molar-refractivity contribution in [2.24, 2.45) is 12.5 Å². The number of hydrogen-bond acceptors (Lipinski definition) is 15. The molecule has 1 aliphatic rings. The van der Waals surface area contributed by atoms with E-state index in [9.17, 15) is 29.1 Å². The number of rotatable bonds is 24. The number of β-amino-alcohol motifs (C(OH)–C–C–N with tert-alkyl or cyclic N) is 1. The van der Waals surface area contributed by atoms with Crippen LogP contribution in [0.15, 0.2) is 84.9 Å². The molecule has 0 aliphatic carbocycles. The van der Waals surface area contributed by atoms with Gasteiger partial charge in [0.15, 0.2) is 11.6 Å². The van der Waals surface area contributed by atoms with Crippen molar-refractivity contribution in [1.29, 1.82) is 0 Å². The smallest absolute Gasteiger partial charge is 0.254 e. The number of nitrogens with zero attached hydrogens (tertiary/aromatic N) is 7. The number of likely N-dealkylation sites (tertiary alicyclic amines) is 1. The maximum atomic E-state index is 14.0. The molecular weight excluding hydrogens is 987 g/mol. The molecule has 3 atom stereocenters. The van der Waals surface area contributed by atoms with Crippen LogP contribution in [-0.2, 0) is 28.0 Å². The van der Waals surface area contributed by atoms with Crippen LogP contribution in [0.5, 0.6) is 5.75 Å². The van der Waals surface area contributed by atoms with E-state index in [1.165, 1.54) is 17.3 Å². The minimum absolute atomic E-state index is 0.0137. The lowest BCUT2D eigenvalue weighted by Crippen LogP contribution is -2.57. The second-order valence-corrected chi connectivity index (χ2v) is 20.8. The Labute approximate surface area is 447 Å². The molecule has 6 aromatic rings. The topological polar surface area (TPSA) is 260 Å². The standard InChI is InChI=1S/C55H69N13O7S/c1-34-48(76-33-62-34)36-21-19-35(20-22-36)28-60-53(73)43-26-38(69)31-68(43)54(74)49(55(2,3)4)65-46(70)18-13-11-9-8-10-12-14-25-57-51(71)37-23-24-44(58-29-37)64-45-27-42(40(30-59-45)52(72)56-5)63-41-17-15-16-39(47(41)75-7)50-61-32-67(6)66-50/h15-17,19-24,27,29-30,32-33,38,43,49,69H,8-14,18,25-26,28,31H2,1-7H3,(H,56,72)(H,57,71)(H,60,73)(H,65,70)(H2,58,59,63,64)/t38?,43-,49?/m0/s1. The van der Waals surface area contributed by atoms with Crippen molar-refractivity contribution in [2.75, 3.05) is 37.9 Å². The second kappa shape index (κ2) is 26.1. The molecule has 5 amide bonds. The number of aryl methyl sites for hydroxylation is 2. The third-order valence-corrected chi connectivity index (χ3v) is 14.0. The van der Waals surface area contributed by atoms with E-state index in [1.54, 1.807) is 61.8 Å². The third kappa shape index (κ3) is 14.7. The lowest BCUT2D eigenvalue weighted by molar-refractivity contribution is -0.144. The number of carbonyl (C=O) groups is 5. The zero-order chi connectivity index (χ0) is 54.4. The van der Waals surface area contributed by atoms with E-state index in [0.717, 1.165) is 60.2 Å². The van der Waals surface area contributed by atoms with E-state index < -0.39 is 23.6 Å². The predicted octanol–water partition coefficient (Wildman–Crippen LogP) is 7.22. The summed E-state index contributed by atoms with van der Waals surface area (Å²) < 4.78 is 7.36. The number of aliphatic hydroxyl groups excluding tert-OH is 1. The highest BCUT2D eigenvalue weighted by Gasteiger charge is 2.44. The molecule has 2 aromatic carbocycles. The number of amides is 5. The molecule has 0 bridgehead atoms. The minimum Gasteiger partial charge on any atom is -0.494 e. The van der Waals surface area contributed by atoms with Gasteiger partial charge in [-0.15, -0.1) is 11.3 Å². The number of nitrogens with one attached hydrogen (secondary N) is 6. The van der Waals surface area contributed by atoms with Gasteiger partial charge in [0.2, 0.25) is 17.7 Å². The van der Waals surface area contributed by atoms with Gasteiger partial charge in [-0.05, 0) is 60.6 Å². The van der Waals surface area contributed by atoms with Gasteiger partial charge in [0.25, 0.3) is 11.8 Å². The first-order valence-corrected chi connectivity index (χ1v) is 26.5. The van der Waals surface area contributed by atoms with Gasteiger partial charge in [-0.2, -0.15) is 5.10 Å². The van der Waals surface area contributed by atoms with Crippen LogP contribution in [0.25, 0.3) is 21.8 Å². The molecule has 2 unspecified atom stereocenters. The van der Waals surface area contributed by atoms with Gasteiger partial charge >= 0.3 is 0 Å². The normalized spacial score (nSPS) is 14.7. The van der Waals surface area contributed by atoms with Crippen molar-refractivity contribution in [2.45, 2.75) is 110 Å². The minimum atomic E-state index is -0.878. The van der Waals surface area contributed by atoms with Crippen LogP contribution in [0.1, 0.15) is 111 Å². The third-order valence-electron chi connectivity index (χ3n) is 13.1.